The molecule has 22 heavy (non-hydrogen) atoms. The fourth-order valence-corrected chi connectivity index (χ4v) is 3.19. The van der Waals surface area contributed by atoms with Crippen LogP contribution in [0.4, 0.5) is 0 Å². The molecule has 0 atom stereocenters. The predicted octanol–water partition coefficient (Wildman–Crippen LogP) is 2.69. The summed E-state index contributed by atoms with van der Waals surface area (Å²) in [5.41, 5.74) is 7.87. The molecule has 5 nitrogen and oxygen atoms in total. The first-order valence-electron chi connectivity index (χ1n) is 8.01. The van der Waals surface area contributed by atoms with Crippen molar-refractivity contribution in [2.45, 2.75) is 38.3 Å². The average molecular weight is 300 g/mol. The Morgan fingerprint density at radius 2 is 1.95 bits per heavy atom. The zero-order valence-corrected chi connectivity index (χ0v) is 13.1. The predicted molar refractivity (Wildman–Crippen MR) is 86.0 cm³/mol. The molecule has 5 heteroatoms. The van der Waals surface area contributed by atoms with Gasteiger partial charge in [-0.25, -0.2) is 0 Å². The molecule has 2 heterocycles. The first-order chi connectivity index (χ1) is 10.7. The van der Waals surface area contributed by atoms with Gasteiger partial charge in [-0.05, 0) is 50.8 Å². The summed E-state index contributed by atoms with van der Waals surface area (Å²) in [5, 5.41) is 4.15. The van der Waals surface area contributed by atoms with Crippen LogP contribution in [0, 0.1) is 5.92 Å². The van der Waals surface area contributed by atoms with E-state index in [1.165, 1.54) is 12.8 Å². The van der Waals surface area contributed by atoms with Crippen LogP contribution in [0.1, 0.15) is 31.4 Å². The second kappa shape index (κ2) is 7.03. The molecule has 2 aromatic heterocycles. The highest BCUT2D eigenvalue weighted by molar-refractivity contribution is 5.57. The van der Waals surface area contributed by atoms with E-state index in [1.54, 1.807) is 12.4 Å². The average Bonchev–Trinajstić information content (AvgIpc) is 2.99. The third kappa shape index (κ3) is 3.93. The summed E-state index contributed by atoms with van der Waals surface area (Å²) < 4.78 is 5.46. The van der Waals surface area contributed by atoms with E-state index in [2.05, 4.69) is 22.1 Å². The van der Waals surface area contributed by atoms with Gasteiger partial charge in [0.1, 0.15) is 5.69 Å². The summed E-state index contributed by atoms with van der Waals surface area (Å²) in [6.45, 7) is 1.89. The fraction of sp³-hybridized carbons (Fsp3) is 0.529. The van der Waals surface area contributed by atoms with E-state index in [9.17, 15) is 0 Å². The summed E-state index contributed by atoms with van der Waals surface area (Å²) in [6, 6.07) is 6.31. The lowest BCUT2D eigenvalue weighted by atomic mass is 9.86. The Hall–Kier alpha value is -1.72. The Labute approximate surface area is 131 Å². The molecule has 0 radical (unpaired) electrons. The summed E-state index contributed by atoms with van der Waals surface area (Å²) in [5.74, 6) is 1.66. The van der Waals surface area contributed by atoms with Crippen LogP contribution in [0.2, 0.25) is 0 Å². The van der Waals surface area contributed by atoms with Gasteiger partial charge >= 0.3 is 0 Å². The van der Waals surface area contributed by atoms with Gasteiger partial charge in [0.2, 0.25) is 0 Å². The summed E-state index contributed by atoms with van der Waals surface area (Å²) in [6.07, 6.45) is 8.33. The van der Waals surface area contributed by atoms with Gasteiger partial charge in [-0.2, -0.15) is 0 Å². The molecule has 2 aromatic rings. The molecule has 2 N–H and O–H groups in total. The van der Waals surface area contributed by atoms with Crippen molar-refractivity contribution in [1.29, 1.82) is 0 Å². The lowest BCUT2D eigenvalue weighted by molar-refractivity contribution is 0.202. The van der Waals surface area contributed by atoms with Crippen LogP contribution in [-0.2, 0) is 6.54 Å². The van der Waals surface area contributed by atoms with Crippen molar-refractivity contribution < 1.29 is 4.52 Å². The van der Waals surface area contributed by atoms with E-state index in [4.69, 9.17) is 10.3 Å². The van der Waals surface area contributed by atoms with Crippen LogP contribution in [0.15, 0.2) is 35.1 Å². The highest BCUT2D eigenvalue weighted by Gasteiger charge is 2.20. The highest BCUT2D eigenvalue weighted by Crippen LogP contribution is 2.24. The minimum absolute atomic E-state index is 0.416. The van der Waals surface area contributed by atoms with E-state index in [1.807, 2.05) is 18.2 Å². The Morgan fingerprint density at radius 3 is 2.68 bits per heavy atom. The Morgan fingerprint density at radius 1 is 1.23 bits per heavy atom. The van der Waals surface area contributed by atoms with Crippen molar-refractivity contribution >= 4 is 0 Å². The molecular formula is C17H24N4O. The molecule has 0 aromatic carbocycles. The topological polar surface area (TPSA) is 68.2 Å². The third-order valence-electron chi connectivity index (χ3n) is 4.42. The second-order valence-electron chi connectivity index (χ2n) is 6.39. The van der Waals surface area contributed by atoms with Crippen molar-refractivity contribution in [2.24, 2.45) is 11.7 Å². The van der Waals surface area contributed by atoms with E-state index in [0.717, 1.165) is 48.9 Å². The molecule has 118 valence electrons. The monoisotopic (exact) mass is 300 g/mol. The zero-order valence-electron chi connectivity index (χ0n) is 13.1. The largest absolute Gasteiger partial charge is 0.359 e. The number of hydrogen-bond acceptors (Lipinski definition) is 5. The van der Waals surface area contributed by atoms with Gasteiger partial charge in [-0.1, -0.05) is 5.16 Å². The molecule has 0 saturated heterocycles. The van der Waals surface area contributed by atoms with Crippen LogP contribution in [0.5, 0.6) is 0 Å². The van der Waals surface area contributed by atoms with Crippen LogP contribution in [0.25, 0.3) is 11.3 Å². The summed E-state index contributed by atoms with van der Waals surface area (Å²) >= 11 is 0. The van der Waals surface area contributed by atoms with Gasteiger partial charge in [-0.15, -0.1) is 0 Å². The van der Waals surface area contributed by atoms with Crippen LogP contribution in [-0.4, -0.2) is 34.7 Å². The molecule has 0 spiro atoms. The third-order valence-corrected chi connectivity index (χ3v) is 4.42. The Kier molecular flexibility index (Phi) is 4.85. The molecule has 1 fully saturated rings. The molecular weight excluding hydrogens is 276 g/mol. The smallest absolute Gasteiger partial charge is 0.151 e. The van der Waals surface area contributed by atoms with Gasteiger partial charge in [0.25, 0.3) is 0 Å². The zero-order chi connectivity index (χ0) is 15.4. The lowest BCUT2D eigenvalue weighted by Gasteiger charge is -2.29. The number of rotatable bonds is 5. The van der Waals surface area contributed by atoms with Crippen molar-refractivity contribution in [2.75, 3.05) is 13.6 Å². The fourth-order valence-electron chi connectivity index (χ4n) is 3.19. The lowest BCUT2D eigenvalue weighted by Crippen LogP contribution is -2.32. The maximum absolute atomic E-state index is 5.97. The maximum Gasteiger partial charge on any atom is 0.151 e. The van der Waals surface area contributed by atoms with Crippen molar-refractivity contribution in [3.8, 4) is 11.3 Å². The maximum atomic E-state index is 5.97. The molecule has 0 aliphatic heterocycles. The van der Waals surface area contributed by atoms with Gasteiger partial charge in [-0.3, -0.25) is 9.88 Å². The van der Waals surface area contributed by atoms with Gasteiger partial charge < -0.3 is 10.3 Å². The van der Waals surface area contributed by atoms with E-state index in [0.29, 0.717) is 6.04 Å². The molecule has 1 aliphatic rings. The molecule has 1 saturated carbocycles. The SMILES string of the molecule is CN(Cc1cc(-c2ccncc2)no1)CC1CCC(N)CC1. The second-order valence-corrected chi connectivity index (χ2v) is 6.39. The standard InChI is InChI=1S/C17H24N4O/c1-21(11-13-2-4-15(18)5-3-13)12-16-10-17(20-22-16)14-6-8-19-9-7-14/h6-10,13,15H,2-5,11-12,18H2,1H3. The Bertz CT molecular complexity index is 575. The summed E-state index contributed by atoms with van der Waals surface area (Å²) in [4.78, 5) is 6.34. The highest BCUT2D eigenvalue weighted by atomic mass is 16.5. The van der Waals surface area contributed by atoms with Gasteiger partial charge in [0.05, 0.1) is 6.54 Å². The number of aromatic nitrogens is 2. The molecule has 0 bridgehead atoms. The molecule has 3 rings (SSSR count). The van der Waals surface area contributed by atoms with Gasteiger partial charge in [0.15, 0.2) is 5.76 Å². The minimum atomic E-state index is 0.416. The van der Waals surface area contributed by atoms with E-state index >= 15 is 0 Å². The first kappa shape index (κ1) is 15.2. The van der Waals surface area contributed by atoms with Crippen LogP contribution >= 0.6 is 0 Å². The molecule has 0 amide bonds. The van der Waals surface area contributed by atoms with Crippen molar-refractivity contribution in [1.82, 2.24) is 15.0 Å². The molecule has 0 unspecified atom stereocenters. The number of hydrogen-bond donors (Lipinski definition) is 1. The number of pyridine rings is 1. The van der Waals surface area contributed by atoms with E-state index in [-0.39, 0.29) is 0 Å². The van der Waals surface area contributed by atoms with Crippen LogP contribution < -0.4 is 5.73 Å². The van der Waals surface area contributed by atoms with Crippen molar-refractivity contribution in [3.05, 3.63) is 36.4 Å². The minimum Gasteiger partial charge on any atom is -0.359 e. The van der Waals surface area contributed by atoms with Gasteiger partial charge in [0, 0.05) is 36.6 Å². The quantitative estimate of drug-likeness (QED) is 0.919. The van der Waals surface area contributed by atoms with Crippen LogP contribution in [0.3, 0.4) is 0 Å². The number of nitrogens with zero attached hydrogens (tertiary/aromatic N) is 3. The number of nitrogens with two attached hydrogens (primary N) is 1. The molecule has 1 aliphatic carbocycles. The Balaban J connectivity index is 1.54. The summed E-state index contributed by atoms with van der Waals surface area (Å²) in [7, 11) is 2.14. The van der Waals surface area contributed by atoms with E-state index < -0.39 is 0 Å². The first-order valence-corrected chi connectivity index (χ1v) is 8.01. The van der Waals surface area contributed by atoms with Crippen molar-refractivity contribution in [3.63, 3.8) is 0 Å². The normalized spacial score (nSPS) is 22.1.